The number of para-hydroxylation sites is 1. The van der Waals surface area contributed by atoms with E-state index in [1.807, 2.05) is 24.3 Å². The first-order valence-electron chi connectivity index (χ1n) is 5.38. The molecule has 16 heavy (non-hydrogen) atoms. The second-order valence-corrected chi connectivity index (χ2v) is 4.98. The van der Waals surface area contributed by atoms with Crippen molar-refractivity contribution in [3.05, 3.63) is 41.6 Å². The number of pyridine rings is 1. The highest BCUT2D eigenvalue weighted by Crippen LogP contribution is 2.27. The van der Waals surface area contributed by atoms with Gasteiger partial charge in [0.15, 0.2) is 6.29 Å². The van der Waals surface area contributed by atoms with E-state index < -0.39 is 0 Å². The van der Waals surface area contributed by atoms with E-state index in [-0.39, 0.29) is 5.41 Å². The molecule has 0 unspecified atom stereocenters. The number of aromatic nitrogens is 1. The van der Waals surface area contributed by atoms with E-state index in [2.05, 4.69) is 31.8 Å². The van der Waals surface area contributed by atoms with Gasteiger partial charge < -0.3 is 0 Å². The lowest BCUT2D eigenvalue weighted by Crippen LogP contribution is -2.15. The monoisotopic (exact) mass is 213 g/mol. The smallest absolute Gasteiger partial charge is 0.168 e. The maximum absolute atomic E-state index is 11.1. The molecule has 2 rings (SSSR count). The molecular weight excluding hydrogens is 198 g/mol. The second-order valence-electron chi connectivity index (χ2n) is 4.98. The highest BCUT2D eigenvalue weighted by molar-refractivity contribution is 5.85. The molecule has 0 saturated heterocycles. The molecule has 0 atom stereocenters. The third-order valence-electron chi connectivity index (χ3n) is 2.67. The number of hydrogen-bond acceptors (Lipinski definition) is 2. The van der Waals surface area contributed by atoms with Crippen LogP contribution in [0.25, 0.3) is 10.9 Å². The molecular formula is C14H15NO. The highest BCUT2D eigenvalue weighted by atomic mass is 16.1. The first-order chi connectivity index (χ1) is 7.52. The minimum absolute atomic E-state index is 0.0622. The van der Waals surface area contributed by atoms with Gasteiger partial charge in [-0.25, -0.2) is 4.98 Å². The molecule has 0 amide bonds. The van der Waals surface area contributed by atoms with Crippen LogP contribution in [0.15, 0.2) is 30.3 Å². The number of rotatable bonds is 1. The predicted octanol–water partition coefficient (Wildman–Crippen LogP) is 3.34. The summed E-state index contributed by atoms with van der Waals surface area (Å²) in [4.78, 5) is 15.4. The molecule has 2 aromatic rings. The second kappa shape index (κ2) is 3.71. The van der Waals surface area contributed by atoms with Gasteiger partial charge in [0.2, 0.25) is 0 Å². The molecule has 0 spiro atoms. The van der Waals surface area contributed by atoms with E-state index in [1.54, 1.807) is 0 Å². The number of nitrogens with zero attached hydrogens (tertiary/aromatic N) is 1. The third kappa shape index (κ3) is 1.83. The Bertz CT molecular complexity index is 538. The maximum Gasteiger partial charge on any atom is 0.168 e. The van der Waals surface area contributed by atoms with Crippen molar-refractivity contribution in [1.29, 1.82) is 0 Å². The van der Waals surface area contributed by atoms with Gasteiger partial charge in [-0.05, 0) is 23.1 Å². The Morgan fingerprint density at radius 2 is 1.88 bits per heavy atom. The molecule has 1 heterocycles. The van der Waals surface area contributed by atoms with Crippen molar-refractivity contribution >= 4 is 17.2 Å². The Morgan fingerprint density at radius 3 is 2.50 bits per heavy atom. The van der Waals surface area contributed by atoms with Gasteiger partial charge in [0, 0.05) is 5.39 Å². The fraction of sp³-hybridized carbons (Fsp3) is 0.286. The van der Waals surface area contributed by atoms with Crippen LogP contribution in [0.5, 0.6) is 0 Å². The lowest BCUT2D eigenvalue weighted by molar-refractivity contribution is 0.111. The van der Waals surface area contributed by atoms with Crippen molar-refractivity contribution in [2.45, 2.75) is 26.2 Å². The van der Waals surface area contributed by atoms with Gasteiger partial charge in [-0.1, -0.05) is 39.0 Å². The Kier molecular flexibility index (Phi) is 2.50. The van der Waals surface area contributed by atoms with Crippen LogP contribution in [0, 0.1) is 0 Å². The Hall–Kier alpha value is -1.70. The fourth-order valence-electron chi connectivity index (χ4n) is 1.82. The lowest BCUT2D eigenvalue weighted by Gasteiger charge is -2.20. The van der Waals surface area contributed by atoms with Crippen molar-refractivity contribution in [3.8, 4) is 0 Å². The van der Waals surface area contributed by atoms with E-state index in [9.17, 15) is 4.79 Å². The first-order valence-corrected chi connectivity index (χ1v) is 5.38. The topological polar surface area (TPSA) is 30.0 Å². The quantitative estimate of drug-likeness (QED) is 0.680. The zero-order valence-corrected chi connectivity index (χ0v) is 9.82. The Morgan fingerprint density at radius 1 is 1.19 bits per heavy atom. The Labute approximate surface area is 95.3 Å². The van der Waals surface area contributed by atoms with Crippen LogP contribution in [0.2, 0.25) is 0 Å². The van der Waals surface area contributed by atoms with E-state index in [0.29, 0.717) is 5.69 Å². The number of carbonyl (C=O) groups excluding carboxylic acids is 1. The minimum atomic E-state index is -0.0622. The highest BCUT2D eigenvalue weighted by Gasteiger charge is 2.19. The van der Waals surface area contributed by atoms with Gasteiger partial charge in [-0.2, -0.15) is 0 Å². The normalized spacial score (nSPS) is 11.7. The van der Waals surface area contributed by atoms with Crippen molar-refractivity contribution < 1.29 is 4.79 Å². The summed E-state index contributed by atoms with van der Waals surface area (Å²) in [6, 6.07) is 9.92. The van der Waals surface area contributed by atoms with E-state index in [4.69, 9.17) is 0 Å². The Balaban J connectivity index is 2.77. The molecule has 0 bridgehead atoms. The van der Waals surface area contributed by atoms with E-state index in [0.717, 1.165) is 22.8 Å². The summed E-state index contributed by atoms with van der Waals surface area (Å²) in [6.07, 6.45) is 0.840. The van der Waals surface area contributed by atoms with Crippen molar-refractivity contribution in [1.82, 2.24) is 4.98 Å². The molecule has 82 valence electrons. The molecule has 0 N–H and O–H groups in total. The van der Waals surface area contributed by atoms with Crippen LogP contribution in [-0.2, 0) is 5.41 Å². The van der Waals surface area contributed by atoms with Gasteiger partial charge in [0.1, 0.15) is 5.69 Å². The molecule has 2 heteroatoms. The summed E-state index contributed by atoms with van der Waals surface area (Å²) in [6.45, 7) is 6.27. The van der Waals surface area contributed by atoms with Crippen molar-refractivity contribution in [3.63, 3.8) is 0 Å². The molecule has 0 radical (unpaired) electrons. The maximum atomic E-state index is 11.1. The predicted molar refractivity (Wildman–Crippen MR) is 65.8 cm³/mol. The molecule has 2 nitrogen and oxygen atoms in total. The minimum Gasteiger partial charge on any atom is -0.296 e. The summed E-state index contributed by atoms with van der Waals surface area (Å²) in [5.74, 6) is 0. The number of hydrogen-bond donors (Lipinski definition) is 0. The van der Waals surface area contributed by atoms with Crippen LogP contribution in [0.1, 0.15) is 36.8 Å². The summed E-state index contributed by atoms with van der Waals surface area (Å²) in [5, 5.41) is 1.08. The van der Waals surface area contributed by atoms with E-state index in [1.165, 1.54) is 0 Å². The molecule has 0 aliphatic heterocycles. The number of aldehydes is 1. The van der Waals surface area contributed by atoms with Crippen molar-refractivity contribution in [2.24, 2.45) is 0 Å². The zero-order valence-electron chi connectivity index (χ0n) is 9.82. The van der Waals surface area contributed by atoms with Gasteiger partial charge >= 0.3 is 0 Å². The summed E-state index contributed by atoms with van der Waals surface area (Å²) in [5.41, 5.74) is 2.36. The molecule has 0 aliphatic rings. The third-order valence-corrected chi connectivity index (χ3v) is 2.67. The van der Waals surface area contributed by atoms with Crippen molar-refractivity contribution in [2.75, 3.05) is 0 Å². The van der Waals surface area contributed by atoms with Gasteiger partial charge in [0.25, 0.3) is 0 Å². The largest absolute Gasteiger partial charge is 0.296 e. The van der Waals surface area contributed by atoms with Gasteiger partial charge in [0.05, 0.1) is 5.52 Å². The standard InChI is InChI=1S/C14H15NO/c1-14(2,3)11-8-10-6-4-5-7-12(10)15-13(11)9-16/h4-9H,1-3H3. The number of fused-ring (bicyclic) bond motifs is 1. The molecule has 0 saturated carbocycles. The molecule has 1 aromatic heterocycles. The van der Waals surface area contributed by atoms with Crippen LogP contribution < -0.4 is 0 Å². The summed E-state index contributed by atoms with van der Waals surface area (Å²) < 4.78 is 0. The summed E-state index contributed by atoms with van der Waals surface area (Å²) in [7, 11) is 0. The SMILES string of the molecule is CC(C)(C)c1cc2ccccc2nc1C=O. The van der Waals surface area contributed by atoms with Crippen LogP contribution >= 0.6 is 0 Å². The van der Waals surface area contributed by atoms with Crippen LogP contribution in [-0.4, -0.2) is 11.3 Å². The first kappa shape index (κ1) is 10.8. The fourth-order valence-corrected chi connectivity index (χ4v) is 1.82. The average Bonchev–Trinajstić information content (AvgIpc) is 2.26. The molecule has 1 aromatic carbocycles. The summed E-state index contributed by atoms with van der Waals surface area (Å²) >= 11 is 0. The number of carbonyl (C=O) groups is 1. The molecule has 0 fully saturated rings. The molecule has 0 aliphatic carbocycles. The van der Waals surface area contributed by atoms with E-state index >= 15 is 0 Å². The van der Waals surface area contributed by atoms with Crippen LogP contribution in [0.4, 0.5) is 0 Å². The van der Waals surface area contributed by atoms with Gasteiger partial charge in [-0.3, -0.25) is 4.79 Å². The zero-order chi connectivity index (χ0) is 11.8. The number of benzene rings is 1. The van der Waals surface area contributed by atoms with Crippen LogP contribution in [0.3, 0.4) is 0 Å². The van der Waals surface area contributed by atoms with Gasteiger partial charge in [-0.15, -0.1) is 0 Å². The average molecular weight is 213 g/mol. The lowest BCUT2D eigenvalue weighted by atomic mass is 9.85.